The number of amides is 1. The average Bonchev–Trinajstić information content (AvgIpc) is 3.12. The SMILES string of the molecule is CCOC(=O)N1CCN(c2nc3c(c(=O)[nH]c(=O)n3C)n2Cc2cccc(C)c2)CC1. The van der Waals surface area contributed by atoms with Crippen LogP contribution in [0.5, 0.6) is 0 Å². The van der Waals surface area contributed by atoms with Gasteiger partial charge < -0.3 is 14.5 Å². The molecule has 0 spiro atoms. The fourth-order valence-corrected chi connectivity index (χ4v) is 3.91. The van der Waals surface area contributed by atoms with Crippen molar-refractivity contribution in [3.8, 4) is 0 Å². The number of nitrogens with zero attached hydrogens (tertiary/aromatic N) is 5. The minimum Gasteiger partial charge on any atom is -0.450 e. The number of aromatic amines is 1. The van der Waals surface area contributed by atoms with E-state index in [1.165, 1.54) is 4.57 Å². The number of rotatable bonds is 4. The molecule has 3 heterocycles. The molecule has 1 fully saturated rings. The molecule has 1 amide bonds. The quantitative estimate of drug-likeness (QED) is 0.669. The summed E-state index contributed by atoms with van der Waals surface area (Å²) in [6.07, 6.45) is -0.325. The Morgan fingerprint density at radius 3 is 2.61 bits per heavy atom. The lowest BCUT2D eigenvalue weighted by Crippen LogP contribution is -2.49. The molecule has 0 radical (unpaired) electrons. The summed E-state index contributed by atoms with van der Waals surface area (Å²) in [6, 6.07) is 8.05. The van der Waals surface area contributed by atoms with Crippen LogP contribution >= 0.6 is 0 Å². The highest BCUT2D eigenvalue weighted by Gasteiger charge is 2.27. The Labute approximate surface area is 178 Å². The third-order valence-electron chi connectivity index (χ3n) is 5.50. The van der Waals surface area contributed by atoms with Crippen molar-refractivity contribution in [2.75, 3.05) is 37.7 Å². The number of benzene rings is 1. The predicted octanol–water partition coefficient (Wildman–Crippen LogP) is 1.06. The van der Waals surface area contributed by atoms with Gasteiger partial charge in [0, 0.05) is 33.2 Å². The zero-order chi connectivity index (χ0) is 22.1. The fraction of sp³-hybridized carbons (Fsp3) is 0.429. The molecule has 1 N–H and O–H groups in total. The second-order valence-electron chi connectivity index (χ2n) is 7.65. The lowest BCUT2D eigenvalue weighted by molar-refractivity contribution is 0.105. The van der Waals surface area contributed by atoms with Crippen LogP contribution in [0.2, 0.25) is 0 Å². The van der Waals surface area contributed by atoms with Crippen LogP contribution in [-0.2, 0) is 18.3 Å². The summed E-state index contributed by atoms with van der Waals surface area (Å²) >= 11 is 0. The highest BCUT2D eigenvalue weighted by Crippen LogP contribution is 2.23. The number of H-pyrrole nitrogens is 1. The fourth-order valence-electron chi connectivity index (χ4n) is 3.91. The third-order valence-corrected chi connectivity index (χ3v) is 5.50. The van der Waals surface area contributed by atoms with Gasteiger partial charge in [-0.15, -0.1) is 0 Å². The van der Waals surface area contributed by atoms with E-state index in [-0.39, 0.29) is 6.09 Å². The summed E-state index contributed by atoms with van der Waals surface area (Å²) < 4.78 is 8.29. The maximum absolute atomic E-state index is 12.7. The standard InChI is InChI=1S/C21H26N6O4/c1-4-31-21(30)26-10-8-25(9-11-26)19-22-17-16(18(28)23-20(29)24(17)3)27(19)13-15-7-5-6-14(2)12-15/h5-7,12H,4,8-11,13H2,1-3H3,(H,23,28,29). The van der Waals surface area contributed by atoms with Gasteiger partial charge in [0.2, 0.25) is 5.95 Å². The molecule has 1 aliphatic heterocycles. The molecule has 0 saturated carbocycles. The molecular weight excluding hydrogens is 400 g/mol. The average molecular weight is 426 g/mol. The zero-order valence-electron chi connectivity index (χ0n) is 17.9. The maximum Gasteiger partial charge on any atom is 0.409 e. The van der Waals surface area contributed by atoms with Crippen LogP contribution in [0.25, 0.3) is 11.2 Å². The second kappa shape index (κ2) is 8.29. The Morgan fingerprint density at radius 2 is 1.94 bits per heavy atom. The monoisotopic (exact) mass is 426 g/mol. The number of aryl methyl sites for hydroxylation is 2. The summed E-state index contributed by atoms with van der Waals surface area (Å²) in [7, 11) is 1.59. The number of ether oxygens (including phenoxy) is 1. The van der Waals surface area contributed by atoms with Crippen LogP contribution in [0.1, 0.15) is 18.1 Å². The maximum atomic E-state index is 12.7. The Morgan fingerprint density at radius 1 is 1.19 bits per heavy atom. The van der Waals surface area contributed by atoms with E-state index in [2.05, 4.69) is 16.0 Å². The van der Waals surface area contributed by atoms with Gasteiger partial charge in [0.15, 0.2) is 11.2 Å². The van der Waals surface area contributed by atoms with Crippen molar-refractivity contribution in [2.45, 2.75) is 20.4 Å². The molecule has 31 heavy (non-hydrogen) atoms. The van der Waals surface area contributed by atoms with Gasteiger partial charge in [-0.25, -0.2) is 9.59 Å². The summed E-state index contributed by atoms with van der Waals surface area (Å²) in [6.45, 7) is 6.63. The smallest absolute Gasteiger partial charge is 0.409 e. The molecule has 4 rings (SSSR count). The molecule has 0 aliphatic carbocycles. The second-order valence-corrected chi connectivity index (χ2v) is 7.65. The molecule has 2 aromatic heterocycles. The molecule has 1 aromatic carbocycles. The van der Waals surface area contributed by atoms with E-state index in [1.54, 1.807) is 18.9 Å². The predicted molar refractivity (Wildman–Crippen MR) is 117 cm³/mol. The van der Waals surface area contributed by atoms with Gasteiger partial charge in [-0.05, 0) is 19.4 Å². The Balaban J connectivity index is 1.75. The van der Waals surface area contributed by atoms with Crippen LogP contribution in [-0.4, -0.2) is 62.9 Å². The van der Waals surface area contributed by atoms with Gasteiger partial charge in [-0.1, -0.05) is 29.8 Å². The Hall–Kier alpha value is -3.56. The molecule has 1 saturated heterocycles. The van der Waals surface area contributed by atoms with Gasteiger partial charge >= 0.3 is 11.8 Å². The number of imidazole rings is 1. The van der Waals surface area contributed by atoms with E-state index >= 15 is 0 Å². The summed E-state index contributed by atoms with van der Waals surface area (Å²) in [5.74, 6) is 0.603. The zero-order valence-corrected chi connectivity index (χ0v) is 17.9. The van der Waals surface area contributed by atoms with Crippen molar-refractivity contribution in [3.05, 3.63) is 56.2 Å². The van der Waals surface area contributed by atoms with E-state index in [4.69, 9.17) is 4.74 Å². The van der Waals surface area contributed by atoms with Crippen LogP contribution in [0.3, 0.4) is 0 Å². The van der Waals surface area contributed by atoms with E-state index in [1.807, 2.05) is 34.6 Å². The Bertz CT molecular complexity index is 1230. The normalized spacial score (nSPS) is 14.3. The van der Waals surface area contributed by atoms with Crippen molar-refractivity contribution >= 4 is 23.2 Å². The van der Waals surface area contributed by atoms with Crippen LogP contribution < -0.4 is 16.1 Å². The first-order valence-corrected chi connectivity index (χ1v) is 10.3. The molecular formula is C21H26N6O4. The number of nitrogens with one attached hydrogen (secondary N) is 1. The number of carbonyl (C=O) groups excluding carboxylic acids is 1. The Kier molecular flexibility index (Phi) is 5.53. The van der Waals surface area contributed by atoms with Gasteiger partial charge in [-0.2, -0.15) is 4.98 Å². The van der Waals surface area contributed by atoms with E-state index in [0.717, 1.165) is 11.1 Å². The molecule has 0 atom stereocenters. The summed E-state index contributed by atoms with van der Waals surface area (Å²) in [5.41, 5.74) is 1.87. The van der Waals surface area contributed by atoms with Crippen molar-refractivity contribution < 1.29 is 9.53 Å². The number of carbonyl (C=O) groups is 1. The summed E-state index contributed by atoms with van der Waals surface area (Å²) in [4.78, 5) is 47.6. The lowest BCUT2D eigenvalue weighted by atomic mass is 10.1. The number of anilines is 1. The van der Waals surface area contributed by atoms with Gasteiger partial charge in [0.05, 0.1) is 13.2 Å². The first-order chi connectivity index (χ1) is 14.9. The number of piperazine rings is 1. The molecule has 3 aromatic rings. The number of hydrogen-bond donors (Lipinski definition) is 1. The van der Waals surface area contributed by atoms with E-state index in [9.17, 15) is 14.4 Å². The first kappa shape index (κ1) is 20.7. The topological polar surface area (TPSA) is 105 Å². The van der Waals surface area contributed by atoms with Gasteiger partial charge in [0.25, 0.3) is 5.56 Å². The third kappa shape index (κ3) is 3.92. The van der Waals surface area contributed by atoms with Crippen molar-refractivity contribution in [1.82, 2.24) is 24.0 Å². The highest BCUT2D eigenvalue weighted by atomic mass is 16.6. The number of hydrogen-bond acceptors (Lipinski definition) is 6. The van der Waals surface area contributed by atoms with Gasteiger partial charge in [0.1, 0.15) is 0 Å². The molecule has 1 aliphatic rings. The largest absolute Gasteiger partial charge is 0.450 e. The van der Waals surface area contributed by atoms with E-state index in [0.29, 0.717) is 56.4 Å². The van der Waals surface area contributed by atoms with Crippen LogP contribution in [0, 0.1) is 6.92 Å². The van der Waals surface area contributed by atoms with Crippen LogP contribution in [0.15, 0.2) is 33.9 Å². The molecule has 0 bridgehead atoms. The van der Waals surface area contributed by atoms with Crippen molar-refractivity contribution in [3.63, 3.8) is 0 Å². The molecule has 10 nitrogen and oxygen atoms in total. The molecule has 0 unspecified atom stereocenters. The number of fused-ring (bicyclic) bond motifs is 1. The minimum absolute atomic E-state index is 0.325. The van der Waals surface area contributed by atoms with Gasteiger partial charge in [-0.3, -0.25) is 18.9 Å². The highest BCUT2D eigenvalue weighted by molar-refractivity contribution is 5.75. The minimum atomic E-state index is -0.503. The molecule has 10 heteroatoms. The first-order valence-electron chi connectivity index (χ1n) is 10.3. The lowest BCUT2D eigenvalue weighted by Gasteiger charge is -2.34. The number of aromatic nitrogens is 4. The van der Waals surface area contributed by atoms with E-state index < -0.39 is 11.2 Å². The van der Waals surface area contributed by atoms with Crippen LogP contribution in [0.4, 0.5) is 10.7 Å². The van der Waals surface area contributed by atoms with Crippen molar-refractivity contribution in [2.24, 2.45) is 7.05 Å². The molecule has 164 valence electrons. The summed E-state index contributed by atoms with van der Waals surface area (Å²) in [5, 5.41) is 0. The van der Waals surface area contributed by atoms with Crippen molar-refractivity contribution in [1.29, 1.82) is 0 Å².